The Morgan fingerprint density at radius 2 is 1.71 bits per heavy atom. The van der Waals surface area contributed by atoms with Gasteiger partial charge in [-0.15, -0.1) is 0 Å². The van der Waals surface area contributed by atoms with Gasteiger partial charge in [0, 0.05) is 42.4 Å². The summed E-state index contributed by atoms with van der Waals surface area (Å²) in [5, 5.41) is 0. The second kappa shape index (κ2) is 7.89. The van der Waals surface area contributed by atoms with E-state index in [4.69, 9.17) is 4.74 Å². The third-order valence-electron chi connectivity index (χ3n) is 3.81. The Balaban J connectivity index is 2.14. The molecule has 146 valence electrons. The normalized spacial score (nSPS) is 11.9. The zero-order valence-electron chi connectivity index (χ0n) is 14.8. The van der Waals surface area contributed by atoms with Crippen LogP contribution in [0.1, 0.15) is 0 Å². The van der Waals surface area contributed by atoms with Gasteiger partial charge in [0.05, 0.1) is 0 Å². The van der Waals surface area contributed by atoms with Crippen LogP contribution in [0.2, 0.25) is 0 Å². The largest absolute Gasteiger partial charge is 0.454 e. The highest BCUT2D eigenvalue weighted by Crippen LogP contribution is 2.36. The monoisotopic (exact) mass is 408 g/mol. The quantitative estimate of drug-likeness (QED) is 0.695. The first-order valence-corrected chi connectivity index (χ1v) is 9.54. The van der Waals surface area contributed by atoms with Gasteiger partial charge in [0.15, 0.2) is 17.4 Å². The molecule has 0 bridgehead atoms. The SMILES string of the molecule is Cn1cc(-c2cc(NS(C)=O)ccc2Oc2ccc(F)cc2F)cc(F)c1=O. The molecule has 1 unspecified atom stereocenters. The van der Waals surface area contributed by atoms with Gasteiger partial charge in [-0.05, 0) is 36.4 Å². The molecular weight excluding hydrogens is 393 g/mol. The molecule has 5 nitrogen and oxygen atoms in total. The molecule has 1 aromatic heterocycles. The third-order valence-corrected chi connectivity index (χ3v) is 4.33. The number of anilines is 1. The Bertz CT molecular complexity index is 1110. The zero-order chi connectivity index (χ0) is 20.4. The van der Waals surface area contributed by atoms with Crippen LogP contribution in [0.3, 0.4) is 0 Å². The van der Waals surface area contributed by atoms with Crippen molar-refractivity contribution in [2.45, 2.75) is 0 Å². The van der Waals surface area contributed by atoms with Crippen molar-refractivity contribution in [2.75, 3.05) is 11.0 Å². The van der Waals surface area contributed by atoms with Crippen LogP contribution in [0.15, 0.2) is 53.5 Å². The highest BCUT2D eigenvalue weighted by atomic mass is 32.2. The van der Waals surface area contributed by atoms with Crippen LogP contribution in [-0.4, -0.2) is 15.0 Å². The van der Waals surface area contributed by atoms with Gasteiger partial charge < -0.3 is 14.0 Å². The molecule has 0 saturated heterocycles. The first kappa shape index (κ1) is 19.7. The molecule has 0 aliphatic rings. The topological polar surface area (TPSA) is 60.3 Å². The molecule has 0 spiro atoms. The van der Waals surface area contributed by atoms with Crippen LogP contribution in [0.25, 0.3) is 11.1 Å². The van der Waals surface area contributed by atoms with E-state index in [1.165, 1.54) is 31.6 Å². The number of pyridine rings is 1. The molecule has 1 N–H and O–H groups in total. The number of nitrogens with one attached hydrogen (secondary N) is 1. The average Bonchev–Trinajstić information content (AvgIpc) is 2.62. The fourth-order valence-electron chi connectivity index (χ4n) is 2.57. The molecule has 0 aliphatic heterocycles. The number of ether oxygens (including phenoxy) is 1. The lowest BCUT2D eigenvalue weighted by atomic mass is 10.1. The summed E-state index contributed by atoms with van der Waals surface area (Å²) in [6.07, 6.45) is 2.82. The fourth-order valence-corrected chi connectivity index (χ4v) is 3.03. The van der Waals surface area contributed by atoms with Crippen LogP contribution in [-0.2, 0) is 18.0 Å². The molecule has 0 aliphatic carbocycles. The summed E-state index contributed by atoms with van der Waals surface area (Å²) < 4.78 is 61.8. The first-order chi connectivity index (χ1) is 13.2. The lowest BCUT2D eigenvalue weighted by Gasteiger charge is -2.15. The predicted octanol–water partition coefficient (Wildman–Crippen LogP) is 3.97. The molecule has 2 aromatic carbocycles. The summed E-state index contributed by atoms with van der Waals surface area (Å²) >= 11 is 0. The summed E-state index contributed by atoms with van der Waals surface area (Å²) in [7, 11) is 0.0209. The minimum Gasteiger partial charge on any atom is -0.454 e. The zero-order valence-corrected chi connectivity index (χ0v) is 15.6. The number of nitrogens with zero attached hydrogens (tertiary/aromatic N) is 1. The molecule has 0 amide bonds. The molecule has 9 heteroatoms. The number of rotatable bonds is 5. The van der Waals surface area contributed by atoms with Gasteiger partial charge in [0.25, 0.3) is 5.56 Å². The van der Waals surface area contributed by atoms with E-state index >= 15 is 0 Å². The lowest BCUT2D eigenvalue weighted by molar-refractivity contribution is 0.439. The summed E-state index contributed by atoms with van der Waals surface area (Å²) in [5.41, 5.74) is 0.230. The minimum absolute atomic E-state index is 0.135. The molecule has 1 heterocycles. The van der Waals surface area contributed by atoms with Crippen molar-refractivity contribution < 1.29 is 22.1 Å². The smallest absolute Gasteiger partial charge is 0.286 e. The summed E-state index contributed by atoms with van der Waals surface area (Å²) in [5.74, 6) is -2.73. The standard InChI is InChI=1S/C19H15F3N2O3S/c1-24-10-11(7-16(22)19(24)25)14-9-13(23-28(2)26)4-6-17(14)27-18-5-3-12(20)8-15(18)21/h3-10,23H,1-2H3. The van der Waals surface area contributed by atoms with Gasteiger partial charge in [-0.2, -0.15) is 0 Å². The Morgan fingerprint density at radius 1 is 1.00 bits per heavy atom. The average molecular weight is 408 g/mol. The molecule has 28 heavy (non-hydrogen) atoms. The number of hydrogen-bond donors (Lipinski definition) is 1. The maximum Gasteiger partial charge on any atom is 0.286 e. The predicted molar refractivity (Wildman–Crippen MR) is 101 cm³/mol. The number of benzene rings is 2. The molecular formula is C19H15F3N2O3S. The number of hydrogen-bond acceptors (Lipinski definition) is 3. The van der Waals surface area contributed by atoms with E-state index in [1.807, 2.05) is 0 Å². The Morgan fingerprint density at radius 3 is 2.36 bits per heavy atom. The molecule has 0 fully saturated rings. The summed E-state index contributed by atoms with van der Waals surface area (Å²) in [6.45, 7) is 0. The van der Waals surface area contributed by atoms with E-state index in [0.717, 1.165) is 22.8 Å². The maximum absolute atomic E-state index is 14.0. The lowest BCUT2D eigenvalue weighted by Crippen LogP contribution is -2.19. The van der Waals surface area contributed by atoms with Gasteiger partial charge in [-0.1, -0.05) is 0 Å². The van der Waals surface area contributed by atoms with Gasteiger partial charge >= 0.3 is 0 Å². The van der Waals surface area contributed by atoms with Crippen LogP contribution < -0.4 is 15.0 Å². The fraction of sp³-hybridized carbons (Fsp3) is 0.105. The van der Waals surface area contributed by atoms with E-state index in [0.29, 0.717) is 17.3 Å². The first-order valence-electron chi connectivity index (χ1n) is 7.98. The van der Waals surface area contributed by atoms with E-state index in [2.05, 4.69) is 4.72 Å². The summed E-state index contributed by atoms with van der Waals surface area (Å²) in [6, 6.07) is 8.41. The molecule has 1 atom stereocenters. The van der Waals surface area contributed by atoms with Crippen LogP contribution in [0, 0.1) is 17.5 Å². The van der Waals surface area contributed by atoms with Crippen molar-refractivity contribution in [3.63, 3.8) is 0 Å². The van der Waals surface area contributed by atoms with Crippen molar-refractivity contribution in [3.8, 4) is 22.6 Å². The van der Waals surface area contributed by atoms with Gasteiger partial charge in [0.2, 0.25) is 0 Å². The van der Waals surface area contributed by atoms with Crippen molar-refractivity contribution in [1.82, 2.24) is 4.57 Å². The maximum atomic E-state index is 14.0. The number of aromatic nitrogens is 1. The van der Waals surface area contributed by atoms with Crippen molar-refractivity contribution >= 4 is 16.7 Å². The highest BCUT2D eigenvalue weighted by molar-refractivity contribution is 7.85. The van der Waals surface area contributed by atoms with E-state index in [1.54, 1.807) is 6.07 Å². The molecule has 0 saturated carbocycles. The van der Waals surface area contributed by atoms with Gasteiger partial charge in [-0.25, -0.2) is 17.4 Å². The second-order valence-corrected chi connectivity index (χ2v) is 7.05. The Kier molecular flexibility index (Phi) is 5.55. The van der Waals surface area contributed by atoms with Crippen LogP contribution in [0.5, 0.6) is 11.5 Å². The van der Waals surface area contributed by atoms with Crippen molar-refractivity contribution in [2.24, 2.45) is 7.05 Å². The number of aryl methyl sites for hydroxylation is 1. The van der Waals surface area contributed by atoms with Crippen LogP contribution >= 0.6 is 0 Å². The van der Waals surface area contributed by atoms with Gasteiger partial charge in [0.1, 0.15) is 22.6 Å². The van der Waals surface area contributed by atoms with Gasteiger partial charge in [-0.3, -0.25) is 4.79 Å². The van der Waals surface area contributed by atoms with E-state index in [-0.39, 0.29) is 17.1 Å². The van der Waals surface area contributed by atoms with Crippen molar-refractivity contribution in [3.05, 3.63) is 76.5 Å². The summed E-state index contributed by atoms with van der Waals surface area (Å²) in [4.78, 5) is 11.6. The van der Waals surface area contributed by atoms with E-state index in [9.17, 15) is 22.2 Å². The van der Waals surface area contributed by atoms with E-state index < -0.39 is 34.0 Å². The molecule has 0 radical (unpaired) electrons. The van der Waals surface area contributed by atoms with Crippen LogP contribution in [0.4, 0.5) is 18.9 Å². The Hall–Kier alpha value is -3.07. The second-order valence-electron chi connectivity index (χ2n) is 5.94. The highest BCUT2D eigenvalue weighted by Gasteiger charge is 2.15. The van der Waals surface area contributed by atoms with Crippen molar-refractivity contribution in [1.29, 1.82) is 0 Å². The molecule has 3 rings (SSSR count). The minimum atomic E-state index is -1.37. The third kappa shape index (κ3) is 4.25. The Labute approximate surface area is 161 Å². The number of halogens is 3. The molecule has 3 aromatic rings.